The summed E-state index contributed by atoms with van der Waals surface area (Å²) in [5.41, 5.74) is 1.74. The van der Waals surface area contributed by atoms with Gasteiger partial charge in [0.1, 0.15) is 11.2 Å². The van der Waals surface area contributed by atoms with Crippen LogP contribution in [0.1, 0.15) is 0 Å². The molecule has 2 aromatic carbocycles. The Morgan fingerprint density at radius 1 is 0.933 bits per heavy atom. The minimum Gasteiger partial charge on any atom is -0.456 e. The Hall–Kier alpha value is -1.45. The molecule has 0 unspecified atom stereocenters. The minimum atomic E-state index is 0.754. The molecule has 0 spiro atoms. The molecule has 0 bridgehead atoms. The van der Waals surface area contributed by atoms with Crippen LogP contribution >= 0.6 is 12.0 Å². The molecule has 0 aliphatic rings. The van der Waals surface area contributed by atoms with Crippen molar-refractivity contribution >= 4 is 34.0 Å². The number of furan rings is 1. The molecule has 1 aromatic heterocycles. The van der Waals surface area contributed by atoms with Crippen LogP contribution in [0.5, 0.6) is 0 Å². The van der Waals surface area contributed by atoms with Crippen molar-refractivity contribution in [2.45, 2.75) is 4.90 Å². The van der Waals surface area contributed by atoms with Crippen LogP contribution in [0.3, 0.4) is 0 Å². The van der Waals surface area contributed by atoms with Crippen LogP contribution in [0.2, 0.25) is 0 Å². The average molecular weight is 216 g/mol. The van der Waals surface area contributed by atoms with Crippen molar-refractivity contribution in [1.29, 1.82) is 0 Å². The fourth-order valence-electron chi connectivity index (χ4n) is 1.76. The van der Waals surface area contributed by atoms with Gasteiger partial charge in [0.2, 0.25) is 0 Å². The van der Waals surface area contributed by atoms with Gasteiger partial charge >= 0.3 is 0 Å². The zero-order chi connectivity index (χ0) is 10.3. The lowest BCUT2D eigenvalue weighted by atomic mass is 10.1. The lowest BCUT2D eigenvalue weighted by molar-refractivity contribution is 0.663. The van der Waals surface area contributed by atoms with Crippen LogP contribution in [-0.4, -0.2) is 4.55 Å². The number of fused-ring (bicyclic) bond motifs is 3. The number of hydrogen-bond acceptors (Lipinski definition) is 3. The molecule has 74 valence electrons. The number of benzene rings is 2. The van der Waals surface area contributed by atoms with Crippen molar-refractivity contribution in [2.75, 3.05) is 0 Å². The van der Waals surface area contributed by atoms with Crippen LogP contribution in [0.15, 0.2) is 51.8 Å². The maximum atomic E-state index is 8.99. The van der Waals surface area contributed by atoms with E-state index < -0.39 is 0 Å². The molecule has 3 heteroatoms. The predicted molar refractivity (Wildman–Crippen MR) is 62.2 cm³/mol. The molecular formula is C12H8O2S. The normalized spacial score (nSPS) is 11.3. The third-order valence-corrected chi connectivity index (χ3v) is 2.92. The molecule has 0 radical (unpaired) electrons. The highest BCUT2D eigenvalue weighted by Gasteiger charge is 2.06. The molecule has 15 heavy (non-hydrogen) atoms. The molecule has 0 fully saturated rings. The van der Waals surface area contributed by atoms with E-state index in [1.54, 1.807) is 0 Å². The van der Waals surface area contributed by atoms with Crippen molar-refractivity contribution in [3.8, 4) is 0 Å². The van der Waals surface area contributed by atoms with E-state index in [0.29, 0.717) is 0 Å². The van der Waals surface area contributed by atoms with Gasteiger partial charge < -0.3 is 8.97 Å². The monoisotopic (exact) mass is 216 g/mol. The van der Waals surface area contributed by atoms with Gasteiger partial charge in [-0.1, -0.05) is 18.2 Å². The second-order valence-electron chi connectivity index (χ2n) is 3.35. The Morgan fingerprint density at radius 2 is 1.73 bits per heavy atom. The van der Waals surface area contributed by atoms with Crippen molar-refractivity contribution < 1.29 is 8.97 Å². The molecule has 0 saturated heterocycles. The Balaban J connectivity index is 2.46. The summed E-state index contributed by atoms with van der Waals surface area (Å²) in [7, 11) is 0. The highest BCUT2D eigenvalue weighted by molar-refractivity contribution is 7.93. The quantitative estimate of drug-likeness (QED) is 0.620. The fourth-order valence-corrected chi connectivity index (χ4v) is 2.06. The molecule has 0 atom stereocenters. The zero-order valence-corrected chi connectivity index (χ0v) is 8.62. The van der Waals surface area contributed by atoms with E-state index in [1.165, 1.54) is 0 Å². The predicted octanol–water partition coefficient (Wildman–Crippen LogP) is 4.15. The fraction of sp³-hybridized carbons (Fsp3) is 0. The van der Waals surface area contributed by atoms with E-state index >= 15 is 0 Å². The van der Waals surface area contributed by atoms with Gasteiger partial charge in [-0.15, -0.1) is 0 Å². The van der Waals surface area contributed by atoms with E-state index in [1.807, 2.05) is 42.5 Å². The lowest BCUT2D eigenvalue weighted by Gasteiger charge is -1.93. The van der Waals surface area contributed by atoms with Crippen molar-refractivity contribution in [3.63, 3.8) is 0 Å². The van der Waals surface area contributed by atoms with Gasteiger partial charge in [0.25, 0.3) is 0 Å². The first-order chi connectivity index (χ1) is 7.38. The summed E-state index contributed by atoms with van der Waals surface area (Å²) in [5.74, 6) is 0. The van der Waals surface area contributed by atoms with Gasteiger partial charge in [-0.05, 0) is 24.3 Å². The summed E-state index contributed by atoms with van der Waals surface area (Å²) in [6, 6.07) is 13.6. The van der Waals surface area contributed by atoms with E-state index in [2.05, 4.69) is 0 Å². The summed E-state index contributed by atoms with van der Waals surface area (Å²) < 4.78 is 14.7. The minimum absolute atomic E-state index is 0.754. The zero-order valence-electron chi connectivity index (χ0n) is 7.81. The Bertz CT molecular complexity index is 628. The van der Waals surface area contributed by atoms with Crippen LogP contribution in [0.25, 0.3) is 21.9 Å². The first-order valence-corrected chi connectivity index (χ1v) is 5.38. The number of hydrogen-bond donors (Lipinski definition) is 1. The van der Waals surface area contributed by atoms with E-state index in [0.717, 1.165) is 38.9 Å². The van der Waals surface area contributed by atoms with Crippen molar-refractivity contribution in [2.24, 2.45) is 0 Å². The van der Waals surface area contributed by atoms with Gasteiger partial charge in [0.15, 0.2) is 0 Å². The Labute approximate surface area is 90.7 Å². The second-order valence-corrected chi connectivity index (χ2v) is 4.00. The van der Waals surface area contributed by atoms with E-state index in [-0.39, 0.29) is 0 Å². The topological polar surface area (TPSA) is 33.4 Å². The first-order valence-electron chi connectivity index (χ1n) is 4.61. The largest absolute Gasteiger partial charge is 0.456 e. The van der Waals surface area contributed by atoms with Crippen molar-refractivity contribution in [3.05, 3.63) is 42.5 Å². The number of rotatable bonds is 1. The SMILES string of the molecule is OSc1ccc2oc3ccccc3c2c1. The van der Waals surface area contributed by atoms with E-state index in [9.17, 15) is 0 Å². The van der Waals surface area contributed by atoms with Crippen LogP contribution in [-0.2, 0) is 0 Å². The standard InChI is InChI=1S/C12H8O2S/c13-15-8-5-6-12-10(7-8)9-3-1-2-4-11(9)14-12/h1-7,13H. The van der Waals surface area contributed by atoms with Gasteiger partial charge in [-0.25, -0.2) is 0 Å². The average Bonchev–Trinajstić information content (AvgIpc) is 2.66. The van der Waals surface area contributed by atoms with E-state index in [4.69, 9.17) is 8.97 Å². The summed E-state index contributed by atoms with van der Waals surface area (Å²) in [4.78, 5) is 0.828. The lowest BCUT2D eigenvalue weighted by Crippen LogP contribution is -1.69. The third kappa shape index (κ3) is 1.32. The molecular weight excluding hydrogens is 208 g/mol. The second kappa shape index (κ2) is 3.29. The Kier molecular flexibility index (Phi) is 1.94. The van der Waals surface area contributed by atoms with Gasteiger partial charge in [-0.2, -0.15) is 0 Å². The molecule has 1 heterocycles. The smallest absolute Gasteiger partial charge is 0.135 e. The first kappa shape index (κ1) is 8.83. The van der Waals surface area contributed by atoms with Gasteiger partial charge in [0, 0.05) is 27.7 Å². The Morgan fingerprint density at radius 3 is 2.60 bits per heavy atom. The van der Waals surface area contributed by atoms with Crippen LogP contribution in [0, 0.1) is 0 Å². The highest BCUT2D eigenvalue weighted by Crippen LogP contribution is 2.30. The molecule has 3 rings (SSSR count). The maximum absolute atomic E-state index is 8.99. The van der Waals surface area contributed by atoms with Crippen LogP contribution < -0.4 is 0 Å². The molecule has 0 amide bonds. The molecule has 0 saturated carbocycles. The molecule has 3 aromatic rings. The van der Waals surface area contributed by atoms with Crippen molar-refractivity contribution in [1.82, 2.24) is 0 Å². The van der Waals surface area contributed by atoms with Crippen LogP contribution in [0.4, 0.5) is 0 Å². The molecule has 0 aliphatic heterocycles. The summed E-state index contributed by atoms with van der Waals surface area (Å²) in [6.07, 6.45) is 0. The van der Waals surface area contributed by atoms with Gasteiger partial charge in [-0.3, -0.25) is 0 Å². The summed E-state index contributed by atoms with van der Waals surface area (Å²) in [5, 5.41) is 2.13. The highest BCUT2D eigenvalue weighted by atomic mass is 32.2. The van der Waals surface area contributed by atoms with Gasteiger partial charge in [0.05, 0.1) is 0 Å². The molecule has 0 aliphatic carbocycles. The maximum Gasteiger partial charge on any atom is 0.135 e. The summed E-state index contributed by atoms with van der Waals surface area (Å²) >= 11 is 0.754. The third-order valence-electron chi connectivity index (χ3n) is 2.45. The summed E-state index contributed by atoms with van der Waals surface area (Å²) in [6.45, 7) is 0. The molecule has 2 nitrogen and oxygen atoms in total. The number of para-hydroxylation sites is 1. The molecule has 1 N–H and O–H groups in total.